The summed E-state index contributed by atoms with van der Waals surface area (Å²) in [6, 6.07) is 10.1. The van der Waals surface area contributed by atoms with E-state index in [1.54, 1.807) is 11.8 Å². The topological polar surface area (TPSA) is 46.8 Å². The maximum atomic E-state index is 6.64. The Balaban J connectivity index is 1.70. The number of fused-ring (bicyclic) bond motifs is 1. The van der Waals surface area contributed by atoms with Crippen molar-refractivity contribution in [3.63, 3.8) is 0 Å². The summed E-state index contributed by atoms with van der Waals surface area (Å²) in [4.78, 5) is 11.9. The van der Waals surface area contributed by atoms with Crippen molar-refractivity contribution in [3.05, 3.63) is 42.1 Å². The van der Waals surface area contributed by atoms with Gasteiger partial charge in [0.1, 0.15) is 5.82 Å². The molecule has 0 N–H and O–H groups in total. The number of piperidine rings is 1. The third kappa shape index (κ3) is 3.53. The van der Waals surface area contributed by atoms with Crippen molar-refractivity contribution in [2.75, 3.05) is 24.2 Å². The SMILES string of the molecule is CSc1nc(N2CCCCC2)c2cnn(C[C@@H](Cl)c3ccccc3)c2n1. The maximum Gasteiger partial charge on any atom is 0.191 e. The highest BCUT2D eigenvalue weighted by atomic mass is 35.5. The van der Waals surface area contributed by atoms with Crippen LogP contribution in [0.5, 0.6) is 0 Å². The number of nitrogens with zero attached hydrogens (tertiary/aromatic N) is 5. The van der Waals surface area contributed by atoms with Crippen molar-refractivity contribution in [3.8, 4) is 0 Å². The van der Waals surface area contributed by atoms with Crippen LogP contribution in [0.1, 0.15) is 30.2 Å². The van der Waals surface area contributed by atoms with E-state index in [4.69, 9.17) is 21.6 Å². The molecule has 3 heterocycles. The minimum Gasteiger partial charge on any atom is -0.356 e. The van der Waals surface area contributed by atoms with Gasteiger partial charge in [-0.3, -0.25) is 0 Å². The number of halogens is 1. The second-order valence-electron chi connectivity index (χ2n) is 6.52. The molecular formula is C19H22ClN5S. The van der Waals surface area contributed by atoms with Crippen molar-refractivity contribution < 1.29 is 0 Å². The molecule has 1 aliphatic rings. The highest BCUT2D eigenvalue weighted by molar-refractivity contribution is 7.98. The summed E-state index contributed by atoms with van der Waals surface area (Å²) >= 11 is 8.21. The molecular weight excluding hydrogens is 366 g/mol. The first kappa shape index (κ1) is 17.6. The molecule has 1 fully saturated rings. The first-order valence-corrected chi connectivity index (χ1v) is 10.6. The van der Waals surface area contributed by atoms with E-state index in [1.807, 2.05) is 47.5 Å². The Morgan fingerprint density at radius 1 is 1.12 bits per heavy atom. The van der Waals surface area contributed by atoms with Gasteiger partial charge in [0.2, 0.25) is 0 Å². The van der Waals surface area contributed by atoms with Crippen molar-refractivity contribution in [2.45, 2.75) is 36.3 Å². The molecule has 0 bridgehead atoms. The first-order chi connectivity index (χ1) is 12.8. The number of alkyl halides is 1. The maximum absolute atomic E-state index is 6.64. The Hall–Kier alpha value is -1.79. The summed E-state index contributed by atoms with van der Waals surface area (Å²) in [5.41, 5.74) is 1.96. The molecule has 0 aliphatic carbocycles. The number of benzene rings is 1. The fraction of sp³-hybridized carbons (Fsp3) is 0.421. The summed E-state index contributed by atoms with van der Waals surface area (Å²) in [5.74, 6) is 1.01. The standard InChI is InChI=1S/C19H22ClN5S/c1-26-19-22-17(24-10-6-3-7-11-24)15-12-21-25(18(15)23-19)13-16(20)14-8-4-2-5-9-14/h2,4-5,8-9,12,16H,3,6-7,10-11,13H2,1H3/t16-/m1/s1. The molecule has 0 amide bonds. The predicted molar refractivity (Wildman–Crippen MR) is 108 cm³/mol. The fourth-order valence-corrected chi connectivity index (χ4v) is 4.04. The van der Waals surface area contributed by atoms with Crippen molar-refractivity contribution >= 4 is 40.2 Å². The van der Waals surface area contributed by atoms with Crippen LogP contribution in [0.25, 0.3) is 11.0 Å². The van der Waals surface area contributed by atoms with Crippen LogP contribution in [0.15, 0.2) is 41.7 Å². The van der Waals surface area contributed by atoms with E-state index in [1.165, 1.54) is 19.3 Å². The summed E-state index contributed by atoms with van der Waals surface area (Å²) in [6.07, 6.45) is 7.62. The third-order valence-electron chi connectivity index (χ3n) is 4.79. The van der Waals surface area contributed by atoms with Crippen LogP contribution in [-0.4, -0.2) is 39.1 Å². The number of hydrogen-bond donors (Lipinski definition) is 0. The molecule has 0 saturated carbocycles. The average molecular weight is 388 g/mol. The van der Waals surface area contributed by atoms with Gasteiger partial charge in [-0.05, 0) is 31.1 Å². The highest BCUT2D eigenvalue weighted by Crippen LogP contribution is 2.30. The Bertz CT molecular complexity index is 876. The molecule has 26 heavy (non-hydrogen) atoms. The summed E-state index contributed by atoms with van der Waals surface area (Å²) in [6.45, 7) is 2.68. The molecule has 0 radical (unpaired) electrons. The van der Waals surface area contributed by atoms with Crippen LogP contribution >= 0.6 is 23.4 Å². The van der Waals surface area contributed by atoms with Crippen LogP contribution in [0.2, 0.25) is 0 Å². The van der Waals surface area contributed by atoms with Gasteiger partial charge in [-0.2, -0.15) is 5.10 Å². The zero-order chi connectivity index (χ0) is 17.9. The predicted octanol–water partition coefficient (Wildman–Crippen LogP) is 4.52. The number of anilines is 1. The third-order valence-corrected chi connectivity index (χ3v) is 5.73. The molecule has 4 rings (SSSR count). The molecule has 3 aromatic rings. The van der Waals surface area contributed by atoms with Crippen LogP contribution in [0.3, 0.4) is 0 Å². The van der Waals surface area contributed by atoms with Gasteiger partial charge in [-0.25, -0.2) is 14.6 Å². The van der Waals surface area contributed by atoms with Crippen molar-refractivity contribution in [2.24, 2.45) is 0 Å². The lowest BCUT2D eigenvalue weighted by atomic mass is 10.1. The number of aromatic nitrogens is 4. The zero-order valence-corrected chi connectivity index (χ0v) is 16.4. The van der Waals surface area contributed by atoms with Gasteiger partial charge < -0.3 is 4.90 Å². The molecule has 7 heteroatoms. The molecule has 1 aliphatic heterocycles. The largest absolute Gasteiger partial charge is 0.356 e. The quantitative estimate of drug-likeness (QED) is 0.366. The number of rotatable bonds is 5. The van der Waals surface area contributed by atoms with Gasteiger partial charge in [-0.1, -0.05) is 42.1 Å². The van der Waals surface area contributed by atoms with Crippen molar-refractivity contribution in [1.82, 2.24) is 19.7 Å². The van der Waals surface area contributed by atoms with Gasteiger partial charge in [-0.15, -0.1) is 11.6 Å². The zero-order valence-electron chi connectivity index (χ0n) is 14.8. The van der Waals surface area contributed by atoms with E-state index in [2.05, 4.69) is 10.00 Å². The monoisotopic (exact) mass is 387 g/mol. The van der Waals surface area contributed by atoms with Gasteiger partial charge in [0.05, 0.1) is 23.5 Å². The summed E-state index contributed by atoms with van der Waals surface area (Å²) < 4.78 is 1.91. The fourth-order valence-electron chi connectivity index (χ4n) is 3.41. The molecule has 0 unspecified atom stereocenters. The van der Waals surface area contributed by atoms with E-state index in [0.29, 0.717) is 6.54 Å². The molecule has 5 nitrogen and oxygen atoms in total. The van der Waals surface area contributed by atoms with E-state index < -0.39 is 0 Å². The smallest absolute Gasteiger partial charge is 0.191 e. The molecule has 1 saturated heterocycles. The second kappa shape index (κ2) is 7.84. The normalized spacial score (nSPS) is 16.2. The number of hydrogen-bond acceptors (Lipinski definition) is 5. The Morgan fingerprint density at radius 3 is 2.62 bits per heavy atom. The minimum atomic E-state index is -0.148. The van der Waals surface area contributed by atoms with Crippen LogP contribution in [-0.2, 0) is 6.54 Å². The van der Waals surface area contributed by atoms with Crippen LogP contribution in [0, 0.1) is 0 Å². The minimum absolute atomic E-state index is 0.148. The van der Waals surface area contributed by atoms with Crippen molar-refractivity contribution in [1.29, 1.82) is 0 Å². The highest BCUT2D eigenvalue weighted by Gasteiger charge is 2.20. The summed E-state index contributed by atoms with van der Waals surface area (Å²) in [7, 11) is 0. The lowest BCUT2D eigenvalue weighted by Gasteiger charge is -2.28. The lowest BCUT2D eigenvalue weighted by molar-refractivity contribution is 0.572. The second-order valence-corrected chi connectivity index (χ2v) is 7.82. The van der Waals surface area contributed by atoms with E-state index in [0.717, 1.165) is 40.7 Å². The van der Waals surface area contributed by atoms with Gasteiger partial charge in [0.15, 0.2) is 10.8 Å². The van der Waals surface area contributed by atoms with Crippen LogP contribution in [0.4, 0.5) is 5.82 Å². The van der Waals surface area contributed by atoms with E-state index >= 15 is 0 Å². The number of thioether (sulfide) groups is 1. The summed E-state index contributed by atoms with van der Waals surface area (Å²) in [5, 5.41) is 6.24. The molecule has 1 aromatic carbocycles. The Kier molecular flexibility index (Phi) is 5.31. The molecule has 2 aromatic heterocycles. The van der Waals surface area contributed by atoms with Crippen LogP contribution < -0.4 is 4.90 Å². The lowest BCUT2D eigenvalue weighted by Crippen LogP contribution is -2.30. The van der Waals surface area contributed by atoms with Gasteiger partial charge >= 0.3 is 0 Å². The molecule has 1 atom stereocenters. The molecule has 0 spiro atoms. The Morgan fingerprint density at radius 2 is 1.88 bits per heavy atom. The first-order valence-electron chi connectivity index (χ1n) is 8.98. The van der Waals surface area contributed by atoms with Gasteiger partial charge in [0, 0.05) is 13.1 Å². The van der Waals surface area contributed by atoms with Gasteiger partial charge in [0.25, 0.3) is 0 Å². The Labute approximate surface area is 162 Å². The van der Waals surface area contributed by atoms with E-state index in [9.17, 15) is 0 Å². The van der Waals surface area contributed by atoms with E-state index in [-0.39, 0.29) is 5.38 Å². The molecule has 136 valence electrons. The average Bonchev–Trinajstić information content (AvgIpc) is 3.11.